The van der Waals surface area contributed by atoms with E-state index in [1.54, 1.807) is 0 Å². The van der Waals surface area contributed by atoms with Gasteiger partial charge in [-0.2, -0.15) is 11.8 Å². The molecular weight excluding hydrogens is 242 g/mol. The van der Waals surface area contributed by atoms with Gasteiger partial charge in [-0.15, -0.1) is 6.58 Å². The number of hydrogen-bond acceptors (Lipinski definition) is 3. The topological polar surface area (TPSA) is 21.3 Å². The third kappa shape index (κ3) is 3.30. The molecule has 3 heteroatoms. The molecule has 0 radical (unpaired) electrons. The molecule has 0 spiro atoms. The summed E-state index contributed by atoms with van der Waals surface area (Å²) in [5.41, 5.74) is 1.30. The van der Waals surface area contributed by atoms with Crippen molar-refractivity contribution in [2.75, 3.05) is 24.7 Å². The van der Waals surface area contributed by atoms with Crippen LogP contribution in [-0.2, 0) is 0 Å². The fourth-order valence-electron chi connectivity index (χ4n) is 2.26. The van der Waals surface area contributed by atoms with Crippen molar-refractivity contribution in [3.05, 3.63) is 42.5 Å². The molecule has 0 saturated heterocycles. The van der Waals surface area contributed by atoms with E-state index in [2.05, 4.69) is 37.0 Å². The van der Waals surface area contributed by atoms with Crippen molar-refractivity contribution in [1.82, 2.24) is 5.32 Å². The molecule has 2 unspecified atom stereocenters. The van der Waals surface area contributed by atoms with Gasteiger partial charge in [0.25, 0.3) is 0 Å². The third-order valence-corrected chi connectivity index (χ3v) is 4.14. The summed E-state index contributed by atoms with van der Waals surface area (Å²) in [4.78, 5) is 0. The van der Waals surface area contributed by atoms with Crippen LogP contribution in [0.15, 0.2) is 36.9 Å². The molecule has 1 aliphatic rings. The fourth-order valence-corrected chi connectivity index (χ4v) is 2.85. The lowest BCUT2D eigenvalue weighted by Gasteiger charge is -2.32. The molecule has 2 rings (SSSR count). The van der Waals surface area contributed by atoms with Crippen LogP contribution in [0.5, 0.6) is 5.75 Å². The number of thioether (sulfide) groups is 1. The Hall–Kier alpha value is -0.930. The summed E-state index contributed by atoms with van der Waals surface area (Å²) in [6.45, 7) is 7.80. The number of fused-ring (bicyclic) bond motifs is 1. The van der Waals surface area contributed by atoms with E-state index in [4.69, 9.17) is 4.74 Å². The van der Waals surface area contributed by atoms with Crippen LogP contribution in [-0.4, -0.2) is 24.7 Å². The van der Waals surface area contributed by atoms with Crippen LogP contribution in [0.4, 0.5) is 0 Å². The maximum atomic E-state index is 5.75. The molecule has 1 aromatic rings. The summed E-state index contributed by atoms with van der Waals surface area (Å²) in [6.07, 6.45) is 1.96. The Kier molecular flexibility index (Phi) is 5.14. The molecule has 0 aliphatic carbocycles. The Labute approximate surface area is 114 Å². The van der Waals surface area contributed by atoms with Gasteiger partial charge in [0.2, 0.25) is 0 Å². The smallest absolute Gasteiger partial charge is 0.124 e. The monoisotopic (exact) mass is 263 g/mol. The Bertz CT molecular complexity index is 394. The first-order valence-electron chi connectivity index (χ1n) is 6.46. The highest BCUT2D eigenvalue weighted by atomic mass is 32.2. The predicted octanol–water partition coefficient (Wildman–Crippen LogP) is 3.27. The molecule has 1 aliphatic heterocycles. The molecule has 0 aromatic heterocycles. The van der Waals surface area contributed by atoms with Crippen LogP contribution in [0.1, 0.15) is 18.5 Å². The quantitative estimate of drug-likeness (QED) is 0.629. The molecule has 18 heavy (non-hydrogen) atoms. The van der Waals surface area contributed by atoms with E-state index >= 15 is 0 Å². The summed E-state index contributed by atoms with van der Waals surface area (Å²) in [5.74, 6) is 3.70. The van der Waals surface area contributed by atoms with Gasteiger partial charge in [-0.1, -0.05) is 31.2 Å². The number of benzene rings is 1. The largest absolute Gasteiger partial charge is 0.493 e. The molecule has 1 aromatic carbocycles. The first-order valence-corrected chi connectivity index (χ1v) is 7.62. The Morgan fingerprint density at radius 3 is 3.17 bits per heavy atom. The fraction of sp³-hybridized carbons (Fsp3) is 0.467. The zero-order valence-corrected chi connectivity index (χ0v) is 11.7. The first kappa shape index (κ1) is 13.5. The van der Waals surface area contributed by atoms with E-state index in [9.17, 15) is 0 Å². The van der Waals surface area contributed by atoms with Crippen LogP contribution < -0.4 is 10.1 Å². The Morgan fingerprint density at radius 1 is 1.50 bits per heavy atom. The van der Waals surface area contributed by atoms with Gasteiger partial charge in [-0.25, -0.2) is 0 Å². The maximum absolute atomic E-state index is 5.75. The number of ether oxygens (including phenoxy) is 1. The highest BCUT2D eigenvalue weighted by molar-refractivity contribution is 7.99. The molecule has 2 atom stereocenters. The molecule has 0 saturated carbocycles. The van der Waals surface area contributed by atoms with Gasteiger partial charge in [0.05, 0.1) is 6.61 Å². The van der Waals surface area contributed by atoms with Gasteiger partial charge in [0, 0.05) is 35.6 Å². The summed E-state index contributed by atoms with van der Waals surface area (Å²) >= 11 is 1.91. The van der Waals surface area contributed by atoms with Crippen molar-refractivity contribution < 1.29 is 4.74 Å². The van der Waals surface area contributed by atoms with E-state index in [0.29, 0.717) is 12.0 Å². The van der Waals surface area contributed by atoms with E-state index in [1.807, 2.05) is 23.9 Å². The van der Waals surface area contributed by atoms with Gasteiger partial charge in [-0.3, -0.25) is 0 Å². The van der Waals surface area contributed by atoms with Crippen molar-refractivity contribution in [1.29, 1.82) is 0 Å². The van der Waals surface area contributed by atoms with Crippen molar-refractivity contribution in [2.24, 2.45) is 5.92 Å². The maximum Gasteiger partial charge on any atom is 0.124 e. The summed E-state index contributed by atoms with van der Waals surface area (Å²) in [6, 6.07) is 8.76. The van der Waals surface area contributed by atoms with E-state index in [-0.39, 0.29) is 0 Å². The van der Waals surface area contributed by atoms with E-state index < -0.39 is 0 Å². The number of para-hydroxylation sites is 1. The zero-order valence-electron chi connectivity index (χ0n) is 10.9. The number of nitrogens with one attached hydrogen (secondary N) is 1. The van der Waals surface area contributed by atoms with Crippen molar-refractivity contribution in [3.63, 3.8) is 0 Å². The normalized spacial score (nSPS) is 22.1. The molecule has 1 N–H and O–H groups in total. The summed E-state index contributed by atoms with van der Waals surface area (Å²) < 4.78 is 5.75. The second-order valence-corrected chi connectivity index (χ2v) is 5.77. The lowest BCUT2D eigenvalue weighted by atomic mass is 9.92. The number of rotatable bonds is 6. The van der Waals surface area contributed by atoms with Crippen LogP contribution in [0.3, 0.4) is 0 Å². The SMILES string of the molecule is C=CCSCCNC1c2ccccc2OCC1C. The minimum Gasteiger partial charge on any atom is -0.493 e. The number of hydrogen-bond donors (Lipinski definition) is 1. The highest BCUT2D eigenvalue weighted by Gasteiger charge is 2.26. The minimum atomic E-state index is 0.416. The average molecular weight is 263 g/mol. The van der Waals surface area contributed by atoms with Gasteiger partial charge < -0.3 is 10.1 Å². The molecule has 1 heterocycles. The zero-order chi connectivity index (χ0) is 12.8. The summed E-state index contributed by atoms with van der Waals surface area (Å²) in [5, 5.41) is 3.65. The van der Waals surface area contributed by atoms with Crippen LogP contribution in [0, 0.1) is 5.92 Å². The molecule has 0 bridgehead atoms. The Balaban J connectivity index is 1.92. The highest BCUT2D eigenvalue weighted by Crippen LogP contribution is 2.34. The van der Waals surface area contributed by atoms with Crippen molar-refractivity contribution in [2.45, 2.75) is 13.0 Å². The third-order valence-electron chi connectivity index (χ3n) is 3.17. The second kappa shape index (κ2) is 6.86. The van der Waals surface area contributed by atoms with Crippen LogP contribution in [0.2, 0.25) is 0 Å². The second-order valence-electron chi connectivity index (χ2n) is 4.62. The van der Waals surface area contributed by atoms with Gasteiger partial charge in [0.1, 0.15) is 5.75 Å². The molecule has 0 fully saturated rings. The summed E-state index contributed by atoms with van der Waals surface area (Å²) in [7, 11) is 0. The average Bonchev–Trinajstić information content (AvgIpc) is 2.41. The lowest BCUT2D eigenvalue weighted by molar-refractivity contribution is 0.190. The standard InChI is InChI=1S/C15H21NOS/c1-3-9-18-10-8-16-15-12(2)11-17-14-7-5-4-6-13(14)15/h3-7,12,15-16H,1,8-11H2,2H3. The predicted molar refractivity (Wildman–Crippen MR) is 79.4 cm³/mol. The van der Waals surface area contributed by atoms with Gasteiger partial charge in [-0.05, 0) is 6.07 Å². The van der Waals surface area contributed by atoms with Gasteiger partial charge >= 0.3 is 0 Å². The van der Waals surface area contributed by atoms with Crippen LogP contribution in [0.25, 0.3) is 0 Å². The van der Waals surface area contributed by atoms with Gasteiger partial charge in [0.15, 0.2) is 0 Å². The lowest BCUT2D eigenvalue weighted by Crippen LogP contribution is -2.35. The van der Waals surface area contributed by atoms with E-state index in [0.717, 1.165) is 30.4 Å². The van der Waals surface area contributed by atoms with Crippen LogP contribution >= 0.6 is 11.8 Å². The Morgan fingerprint density at radius 2 is 2.33 bits per heavy atom. The molecule has 0 amide bonds. The van der Waals surface area contributed by atoms with E-state index in [1.165, 1.54) is 5.56 Å². The molecular formula is C15H21NOS. The molecule has 98 valence electrons. The van der Waals surface area contributed by atoms with Crippen molar-refractivity contribution >= 4 is 11.8 Å². The minimum absolute atomic E-state index is 0.416. The first-order chi connectivity index (χ1) is 8.83. The molecule has 2 nitrogen and oxygen atoms in total. The van der Waals surface area contributed by atoms with Crippen molar-refractivity contribution in [3.8, 4) is 5.75 Å².